The molecule has 0 aromatic heterocycles. The highest BCUT2D eigenvalue weighted by Crippen LogP contribution is 2.20. The van der Waals surface area contributed by atoms with Gasteiger partial charge in [-0.1, -0.05) is 17.7 Å². The maximum Gasteiger partial charge on any atom is 0.122 e. The number of methoxy groups -OCH3 is 1. The Bertz CT molecular complexity index is 279. The van der Waals surface area contributed by atoms with Crippen LogP contribution in [0.5, 0.6) is 5.75 Å². The molecule has 0 heterocycles. The van der Waals surface area contributed by atoms with Crippen LogP contribution in [-0.4, -0.2) is 18.3 Å². The lowest BCUT2D eigenvalue weighted by Crippen LogP contribution is -2.05. The molecule has 0 amide bonds. The van der Waals surface area contributed by atoms with Crippen molar-refractivity contribution in [3.8, 4) is 5.75 Å². The van der Waals surface area contributed by atoms with Crippen molar-refractivity contribution in [2.75, 3.05) is 7.11 Å². The summed E-state index contributed by atoms with van der Waals surface area (Å²) in [6.45, 7) is 3.81. The number of aryl methyl sites for hydroxylation is 1. The Morgan fingerprint density at radius 2 is 2.15 bits per heavy atom. The van der Waals surface area contributed by atoms with E-state index in [0.29, 0.717) is 6.42 Å². The fraction of sp³-hybridized carbons (Fsp3) is 0.455. The van der Waals surface area contributed by atoms with Crippen molar-refractivity contribution >= 4 is 0 Å². The van der Waals surface area contributed by atoms with Crippen LogP contribution in [-0.2, 0) is 6.42 Å². The second-order valence-corrected chi connectivity index (χ2v) is 3.37. The lowest BCUT2D eigenvalue weighted by atomic mass is 10.1. The van der Waals surface area contributed by atoms with Gasteiger partial charge in [0.25, 0.3) is 0 Å². The van der Waals surface area contributed by atoms with Gasteiger partial charge in [-0.15, -0.1) is 0 Å². The van der Waals surface area contributed by atoms with Gasteiger partial charge < -0.3 is 9.84 Å². The Balaban J connectivity index is 2.94. The summed E-state index contributed by atoms with van der Waals surface area (Å²) < 4.78 is 5.19. The first-order valence-corrected chi connectivity index (χ1v) is 4.45. The summed E-state index contributed by atoms with van der Waals surface area (Å²) in [6, 6.07) is 5.99. The van der Waals surface area contributed by atoms with Crippen LogP contribution < -0.4 is 4.74 Å². The summed E-state index contributed by atoms with van der Waals surface area (Å²) in [5.41, 5.74) is 2.26. The van der Waals surface area contributed by atoms with Crippen molar-refractivity contribution in [3.05, 3.63) is 29.3 Å². The number of hydrogen-bond donors (Lipinski definition) is 1. The molecule has 1 atom stereocenters. The number of hydrogen-bond acceptors (Lipinski definition) is 2. The highest BCUT2D eigenvalue weighted by Gasteiger charge is 2.05. The standard InChI is InChI=1S/C11H16O2/c1-8-4-5-11(13-3)10(6-8)7-9(2)12/h4-6,9,12H,7H2,1-3H3. The summed E-state index contributed by atoms with van der Waals surface area (Å²) in [7, 11) is 1.65. The van der Waals surface area contributed by atoms with Gasteiger partial charge in [0.1, 0.15) is 5.75 Å². The van der Waals surface area contributed by atoms with E-state index in [1.807, 2.05) is 25.1 Å². The second-order valence-electron chi connectivity index (χ2n) is 3.37. The Kier molecular flexibility index (Phi) is 3.32. The maximum absolute atomic E-state index is 9.26. The molecule has 0 saturated heterocycles. The fourth-order valence-corrected chi connectivity index (χ4v) is 1.39. The first kappa shape index (κ1) is 10.1. The normalized spacial score (nSPS) is 12.6. The summed E-state index contributed by atoms with van der Waals surface area (Å²) >= 11 is 0. The first-order chi connectivity index (χ1) is 6.13. The lowest BCUT2D eigenvalue weighted by Gasteiger charge is -2.10. The molecule has 13 heavy (non-hydrogen) atoms. The molecule has 0 bridgehead atoms. The molecule has 0 spiro atoms. The quantitative estimate of drug-likeness (QED) is 0.770. The Morgan fingerprint density at radius 3 is 2.69 bits per heavy atom. The molecule has 1 N–H and O–H groups in total. The van der Waals surface area contributed by atoms with E-state index in [1.165, 1.54) is 5.56 Å². The van der Waals surface area contributed by atoms with Gasteiger partial charge in [-0.05, 0) is 25.5 Å². The molecule has 1 rings (SSSR count). The maximum atomic E-state index is 9.26. The lowest BCUT2D eigenvalue weighted by molar-refractivity contribution is 0.194. The molecule has 0 aliphatic carbocycles. The van der Waals surface area contributed by atoms with Gasteiger partial charge in [0, 0.05) is 6.42 Å². The molecule has 72 valence electrons. The summed E-state index contributed by atoms with van der Waals surface area (Å²) in [5, 5.41) is 9.26. The molecule has 1 aromatic carbocycles. The fourth-order valence-electron chi connectivity index (χ4n) is 1.39. The third-order valence-electron chi connectivity index (χ3n) is 1.95. The summed E-state index contributed by atoms with van der Waals surface area (Å²) in [4.78, 5) is 0. The Hall–Kier alpha value is -1.02. The predicted octanol–water partition coefficient (Wildman–Crippen LogP) is 1.93. The van der Waals surface area contributed by atoms with Crippen LogP contribution in [0.15, 0.2) is 18.2 Å². The number of aliphatic hydroxyl groups excluding tert-OH is 1. The van der Waals surface area contributed by atoms with E-state index in [0.717, 1.165) is 11.3 Å². The van der Waals surface area contributed by atoms with Crippen LogP contribution in [0.3, 0.4) is 0 Å². The van der Waals surface area contributed by atoms with Crippen LogP contribution in [0.2, 0.25) is 0 Å². The molecule has 0 saturated carbocycles. The highest BCUT2D eigenvalue weighted by atomic mass is 16.5. The smallest absolute Gasteiger partial charge is 0.122 e. The van der Waals surface area contributed by atoms with E-state index in [-0.39, 0.29) is 6.10 Å². The van der Waals surface area contributed by atoms with E-state index in [2.05, 4.69) is 0 Å². The molecule has 0 fully saturated rings. The average molecular weight is 180 g/mol. The van der Waals surface area contributed by atoms with Crippen LogP contribution in [0, 0.1) is 6.92 Å². The zero-order chi connectivity index (χ0) is 9.84. The van der Waals surface area contributed by atoms with Crippen molar-refractivity contribution in [2.45, 2.75) is 26.4 Å². The van der Waals surface area contributed by atoms with E-state index < -0.39 is 0 Å². The van der Waals surface area contributed by atoms with Gasteiger partial charge in [-0.3, -0.25) is 0 Å². The molecule has 0 radical (unpaired) electrons. The number of benzene rings is 1. The van der Waals surface area contributed by atoms with E-state index >= 15 is 0 Å². The predicted molar refractivity (Wildman–Crippen MR) is 53.1 cm³/mol. The van der Waals surface area contributed by atoms with E-state index in [1.54, 1.807) is 14.0 Å². The molecule has 1 aromatic rings. The van der Waals surface area contributed by atoms with Crippen molar-refractivity contribution in [2.24, 2.45) is 0 Å². The summed E-state index contributed by atoms with van der Waals surface area (Å²) in [5.74, 6) is 0.853. The SMILES string of the molecule is COc1ccc(C)cc1CC(C)O. The van der Waals surface area contributed by atoms with Gasteiger partial charge in [-0.25, -0.2) is 0 Å². The van der Waals surface area contributed by atoms with Gasteiger partial charge in [0.15, 0.2) is 0 Å². The minimum atomic E-state index is -0.323. The zero-order valence-corrected chi connectivity index (χ0v) is 8.37. The minimum absolute atomic E-state index is 0.323. The summed E-state index contributed by atoms with van der Waals surface area (Å²) in [6.07, 6.45) is 0.320. The van der Waals surface area contributed by atoms with Gasteiger partial charge >= 0.3 is 0 Å². The van der Waals surface area contributed by atoms with E-state index in [4.69, 9.17) is 4.74 Å². The number of rotatable bonds is 3. The van der Waals surface area contributed by atoms with Crippen LogP contribution in [0.25, 0.3) is 0 Å². The first-order valence-electron chi connectivity index (χ1n) is 4.45. The van der Waals surface area contributed by atoms with Crippen molar-refractivity contribution in [3.63, 3.8) is 0 Å². The largest absolute Gasteiger partial charge is 0.496 e. The number of aliphatic hydroxyl groups is 1. The highest BCUT2D eigenvalue weighted by molar-refractivity contribution is 5.37. The van der Waals surface area contributed by atoms with Gasteiger partial charge in [-0.2, -0.15) is 0 Å². The van der Waals surface area contributed by atoms with Crippen LogP contribution in [0.1, 0.15) is 18.1 Å². The molecule has 0 aliphatic heterocycles. The third-order valence-corrected chi connectivity index (χ3v) is 1.95. The molecular formula is C11H16O2. The molecule has 0 aliphatic rings. The molecule has 2 heteroatoms. The minimum Gasteiger partial charge on any atom is -0.496 e. The Labute approximate surface area is 79.2 Å². The average Bonchev–Trinajstić information content (AvgIpc) is 2.03. The Morgan fingerprint density at radius 1 is 1.46 bits per heavy atom. The van der Waals surface area contributed by atoms with Crippen molar-refractivity contribution < 1.29 is 9.84 Å². The molecular weight excluding hydrogens is 164 g/mol. The van der Waals surface area contributed by atoms with E-state index in [9.17, 15) is 5.11 Å². The van der Waals surface area contributed by atoms with Crippen molar-refractivity contribution in [1.29, 1.82) is 0 Å². The molecule has 1 unspecified atom stereocenters. The molecule has 2 nitrogen and oxygen atoms in total. The van der Waals surface area contributed by atoms with Crippen LogP contribution in [0.4, 0.5) is 0 Å². The second kappa shape index (κ2) is 4.28. The van der Waals surface area contributed by atoms with Crippen molar-refractivity contribution in [1.82, 2.24) is 0 Å². The topological polar surface area (TPSA) is 29.5 Å². The van der Waals surface area contributed by atoms with Gasteiger partial charge in [0.2, 0.25) is 0 Å². The number of ether oxygens (including phenoxy) is 1. The van der Waals surface area contributed by atoms with Gasteiger partial charge in [0.05, 0.1) is 13.2 Å². The van der Waals surface area contributed by atoms with Crippen LogP contribution >= 0.6 is 0 Å². The monoisotopic (exact) mass is 180 g/mol. The zero-order valence-electron chi connectivity index (χ0n) is 8.37. The third kappa shape index (κ3) is 2.74.